The molecule has 4 nitrogen and oxygen atoms in total. The van der Waals surface area contributed by atoms with Crippen LogP contribution in [0.5, 0.6) is 0 Å². The molecule has 0 aliphatic rings. The second-order valence-electron chi connectivity index (χ2n) is 4.68. The highest BCUT2D eigenvalue weighted by atomic mass is 16.2. The Labute approximate surface area is 86.6 Å². The molecule has 2 amide bonds. The normalized spacial score (nSPS) is 13.5. The summed E-state index contributed by atoms with van der Waals surface area (Å²) in [4.78, 5) is 11.4. The Balaban J connectivity index is 3.71. The molecular weight excluding hydrogens is 178 g/mol. The molecule has 1 unspecified atom stereocenters. The van der Waals surface area contributed by atoms with Gasteiger partial charge in [0, 0.05) is 11.6 Å². The number of urea groups is 1. The first-order valence-corrected chi connectivity index (χ1v) is 5.14. The first-order chi connectivity index (χ1) is 6.35. The average Bonchev–Trinajstić information content (AvgIpc) is 1.96. The molecule has 0 bridgehead atoms. The lowest BCUT2D eigenvalue weighted by molar-refractivity contribution is 0.228. The number of nitrogens with one attached hydrogen (secondary N) is 2. The molecule has 0 fully saturated rings. The summed E-state index contributed by atoms with van der Waals surface area (Å²) in [5.41, 5.74) is 5.20. The SMILES string of the molecule is CC(CCCN)NC(=O)NC(C)(C)C. The van der Waals surface area contributed by atoms with Crippen LogP contribution in [0.15, 0.2) is 0 Å². The van der Waals surface area contributed by atoms with Crippen molar-refractivity contribution in [1.82, 2.24) is 10.6 Å². The zero-order valence-electron chi connectivity index (χ0n) is 9.68. The Bertz CT molecular complexity index is 175. The molecule has 4 N–H and O–H groups in total. The smallest absolute Gasteiger partial charge is 0.315 e. The van der Waals surface area contributed by atoms with Gasteiger partial charge in [-0.25, -0.2) is 4.79 Å². The summed E-state index contributed by atoms with van der Waals surface area (Å²) in [6.07, 6.45) is 1.87. The molecule has 0 spiro atoms. The summed E-state index contributed by atoms with van der Waals surface area (Å²) in [7, 11) is 0. The molecule has 0 radical (unpaired) electrons. The third kappa shape index (κ3) is 7.86. The van der Waals surface area contributed by atoms with E-state index in [4.69, 9.17) is 5.73 Å². The van der Waals surface area contributed by atoms with Gasteiger partial charge in [0.05, 0.1) is 0 Å². The minimum absolute atomic E-state index is 0.109. The van der Waals surface area contributed by atoms with E-state index >= 15 is 0 Å². The Kier molecular flexibility index (Phi) is 5.53. The number of hydrogen-bond acceptors (Lipinski definition) is 2. The average molecular weight is 201 g/mol. The molecule has 0 aromatic heterocycles. The monoisotopic (exact) mass is 201 g/mol. The third-order valence-corrected chi connectivity index (χ3v) is 1.71. The summed E-state index contributed by atoms with van der Waals surface area (Å²) >= 11 is 0. The second-order valence-corrected chi connectivity index (χ2v) is 4.68. The molecule has 0 aromatic carbocycles. The van der Waals surface area contributed by atoms with Crippen LogP contribution in [0.3, 0.4) is 0 Å². The Morgan fingerprint density at radius 2 is 2.00 bits per heavy atom. The van der Waals surface area contributed by atoms with E-state index < -0.39 is 0 Å². The van der Waals surface area contributed by atoms with E-state index in [-0.39, 0.29) is 17.6 Å². The molecule has 4 heteroatoms. The van der Waals surface area contributed by atoms with Crippen molar-refractivity contribution in [2.75, 3.05) is 6.54 Å². The molecule has 0 aliphatic heterocycles. The maximum atomic E-state index is 11.4. The minimum atomic E-state index is -0.183. The fraction of sp³-hybridized carbons (Fsp3) is 0.900. The molecule has 14 heavy (non-hydrogen) atoms. The van der Waals surface area contributed by atoms with Crippen LogP contribution in [0, 0.1) is 0 Å². The highest BCUT2D eigenvalue weighted by Crippen LogP contribution is 1.99. The Morgan fingerprint density at radius 3 is 2.43 bits per heavy atom. The van der Waals surface area contributed by atoms with Crippen LogP contribution in [0.25, 0.3) is 0 Å². The molecule has 0 saturated heterocycles. The van der Waals surface area contributed by atoms with E-state index in [9.17, 15) is 4.79 Å². The number of hydrogen-bond donors (Lipinski definition) is 3. The first kappa shape index (κ1) is 13.2. The molecule has 0 aromatic rings. The zero-order chi connectivity index (χ0) is 11.2. The van der Waals surface area contributed by atoms with Crippen molar-refractivity contribution in [1.29, 1.82) is 0 Å². The van der Waals surface area contributed by atoms with Gasteiger partial charge in [-0.3, -0.25) is 0 Å². The maximum absolute atomic E-state index is 11.4. The fourth-order valence-corrected chi connectivity index (χ4v) is 1.10. The third-order valence-electron chi connectivity index (χ3n) is 1.71. The molecule has 0 heterocycles. The van der Waals surface area contributed by atoms with Crippen LogP contribution in [0.4, 0.5) is 4.79 Å². The van der Waals surface area contributed by atoms with Gasteiger partial charge in [-0.2, -0.15) is 0 Å². The van der Waals surface area contributed by atoms with Gasteiger partial charge < -0.3 is 16.4 Å². The van der Waals surface area contributed by atoms with Crippen LogP contribution in [0.2, 0.25) is 0 Å². The standard InChI is InChI=1S/C10H23N3O/c1-8(6-5-7-11)12-9(14)13-10(2,3)4/h8H,5-7,11H2,1-4H3,(H2,12,13,14). The quantitative estimate of drug-likeness (QED) is 0.640. The lowest BCUT2D eigenvalue weighted by Gasteiger charge is -2.22. The van der Waals surface area contributed by atoms with Gasteiger partial charge >= 0.3 is 6.03 Å². The van der Waals surface area contributed by atoms with E-state index in [0.29, 0.717) is 6.54 Å². The van der Waals surface area contributed by atoms with Crippen molar-refractivity contribution in [3.8, 4) is 0 Å². The molecule has 1 atom stereocenters. The Hall–Kier alpha value is -0.770. The van der Waals surface area contributed by atoms with Gasteiger partial charge in [-0.1, -0.05) is 0 Å². The maximum Gasteiger partial charge on any atom is 0.315 e. The van der Waals surface area contributed by atoms with Crippen LogP contribution in [-0.2, 0) is 0 Å². The summed E-state index contributed by atoms with van der Waals surface area (Å²) in [5.74, 6) is 0. The first-order valence-electron chi connectivity index (χ1n) is 5.14. The molecule has 0 aliphatic carbocycles. The predicted molar refractivity (Wildman–Crippen MR) is 59.2 cm³/mol. The summed E-state index contributed by atoms with van der Waals surface area (Å²) in [6.45, 7) is 8.52. The number of carbonyl (C=O) groups is 1. The van der Waals surface area contributed by atoms with Crippen molar-refractivity contribution in [2.45, 2.75) is 52.1 Å². The van der Waals surface area contributed by atoms with Crippen molar-refractivity contribution in [3.05, 3.63) is 0 Å². The van der Waals surface area contributed by atoms with E-state index in [2.05, 4.69) is 10.6 Å². The second kappa shape index (κ2) is 5.86. The summed E-state index contributed by atoms with van der Waals surface area (Å²) in [5, 5.41) is 5.71. The van der Waals surface area contributed by atoms with Gasteiger partial charge in [-0.15, -0.1) is 0 Å². The van der Waals surface area contributed by atoms with Crippen molar-refractivity contribution in [2.24, 2.45) is 5.73 Å². The molecular formula is C10H23N3O. The number of rotatable bonds is 4. The van der Waals surface area contributed by atoms with Gasteiger partial charge in [0.1, 0.15) is 0 Å². The van der Waals surface area contributed by atoms with Crippen LogP contribution in [-0.4, -0.2) is 24.2 Å². The van der Waals surface area contributed by atoms with E-state index in [1.807, 2.05) is 27.7 Å². The topological polar surface area (TPSA) is 67.1 Å². The summed E-state index contributed by atoms with van der Waals surface area (Å²) < 4.78 is 0. The van der Waals surface area contributed by atoms with Crippen molar-refractivity contribution in [3.63, 3.8) is 0 Å². The van der Waals surface area contributed by atoms with Crippen molar-refractivity contribution < 1.29 is 4.79 Å². The molecule has 0 saturated carbocycles. The number of nitrogens with two attached hydrogens (primary N) is 1. The van der Waals surface area contributed by atoms with Crippen molar-refractivity contribution >= 4 is 6.03 Å². The van der Waals surface area contributed by atoms with E-state index in [1.165, 1.54) is 0 Å². The zero-order valence-corrected chi connectivity index (χ0v) is 9.68. The lowest BCUT2D eigenvalue weighted by atomic mass is 10.1. The predicted octanol–water partition coefficient (Wildman–Crippen LogP) is 1.21. The molecule has 0 rings (SSSR count). The van der Waals surface area contributed by atoms with Gasteiger partial charge in [0.25, 0.3) is 0 Å². The van der Waals surface area contributed by atoms with Gasteiger partial charge in [0.15, 0.2) is 0 Å². The highest BCUT2D eigenvalue weighted by molar-refractivity contribution is 5.74. The van der Waals surface area contributed by atoms with Gasteiger partial charge in [-0.05, 0) is 47.1 Å². The van der Waals surface area contributed by atoms with Crippen LogP contribution >= 0.6 is 0 Å². The fourth-order valence-electron chi connectivity index (χ4n) is 1.10. The highest BCUT2D eigenvalue weighted by Gasteiger charge is 2.14. The molecule has 84 valence electrons. The number of amides is 2. The minimum Gasteiger partial charge on any atom is -0.336 e. The largest absolute Gasteiger partial charge is 0.336 e. The van der Waals surface area contributed by atoms with E-state index in [1.54, 1.807) is 0 Å². The number of carbonyl (C=O) groups excluding carboxylic acids is 1. The van der Waals surface area contributed by atoms with Crippen LogP contribution < -0.4 is 16.4 Å². The van der Waals surface area contributed by atoms with Gasteiger partial charge in [0.2, 0.25) is 0 Å². The summed E-state index contributed by atoms with van der Waals surface area (Å²) in [6, 6.07) is 0.0721. The van der Waals surface area contributed by atoms with E-state index in [0.717, 1.165) is 12.8 Å². The Morgan fingerprint density at radius 1 is 1.43 bits per heavy atom. The van der Waals surface area contributed by atoms with Crippen LogP contribution in [0.1, 0.15) is 40.5 Å². The lowest BCUT2D eigenvalue weighted by Crippen LogP contribution is -2.48.